The third-order valence-electron chi connectivity index (χ3n) is 8.54. The quantitative estimate of drug-likeness (QED) is 0.0950. The van der Waals surface area contributed by atoms with Crippen molar-refractivity contribution in [3.63, 3.8) is 0 Å². The second kappa shape index (κ2) is 11.6. The van der Waals surface area contributed by atoms with Crippen LogP contribution in [0.2, 0.25) is 0 Å². The van der Waals surface area contributed by atoms with E-state index in [9.17, 15) is 0 Å². The van der Waals surface area contributed by atoms with Gasteiger partial charge in [0, 0.05) is 0 Å². The van der Waals surface area contributed by atoms with E-state index in [1.165, 1.54) is 130 Å². The summed E-state index contributed by atoms with van der Waals surface area (Å²) in [4.78, 5) is 0. The predicted molar refractivity (Wildman–Crippen MR) is 170 cm³/mol. The molecule has 38 heavy (non-hydrogen) atoms. The number of fused-ring (bicyclic) bond motifs is 7. The van der Waals surface area contributed by atoms with Crippen LogP contribution in [0.15, 0.2) is 91.0 Å². The summed E-state index contributed by atoms with van der Waals surface area (Å²) in [6, 6.07) is 34.6. The monoisotopic (exact) mass is 496 g/mol. The maximum absolute atomic E-state index is 2.43. The first-order valence-corrected chi connectivity index (χ1v) is 15.0. The molecule has 0 spiro atoms. The fourth-order valence-corrected chi connectivity index (χ4v) is 6.33. The third-order valence-corrected chi connectivity index (χ3v) is 8.54. The van der Waals surface area contributed by atoms with Crippen LogP contribution in [0.1, 0.15) is 76.7 Å². The van der Waals surface area contributed by atoms with Gasteiger partial charge in [0.1, 0.15) is 0 Å². The molecule has 0 aliphatic heterocycles. The van der Waals surface area contributed by atoms with Crippen molar-refractivity contribution in [1.29, 1.82) is 0 Å². The maximum Gasteiger partial charge on any atom is -0.00987 e. The number of hydrogen-bond acceptors (Lipinski definition) is 0. The summed E-state index contributed by atoms with van der Waals surface area (Å²) in [5.41, 5.74) is 1.48. The van der Waals surface area contributed by atoms with Gasteiger partial charge in [-0.25, -0.2) is 0 Å². The van der Waals surface area contributed by atoms with Gasteiger partial charge in [0.2, 0.25) is 0 Å². The molecule has 6 aromatic carbocycles. The average molecular weight is 497 g/mol. The fourth-order valence-electron chi connectivity index (χ4n) is 6.33. The van der Waals surface area contributed by atoms with Crippen LogP contribution in [-0.4, -0.2) is 0 Å². The topological polar surface area (TPSA) is 0 Å². The highest BCUT2D eigenvalue weighted by Gasteiger charge is 2.08. The molecule has 0 saturated heterocycles. The number of hydrogen-bond donors (Lipinski definition) is 0. The summed E-state index contributed by atoms with van der Waals surface area (Å²) in [5, 5.41) is 13.4. The molecule has 0 atom stereocenters. The Kier molecular flexibility index (Phi) is 7.59. The highest BCUT2D eigenvalue weighted by atomic mass is 14.1. The van der Waals surface area contributed by atoms with Gasteiger partial charge in [0.25, 0.3) is 0 Å². The Balaban J connectivity index is 1.18. The van der Waals surface area contributed by atoms with E-state index in [4.69, 9.17) is 0 Å². The summed E-state index contributed by atoms with van der Waals surface area (Å²) in [6.07, 6.45) is 15.1. The van der Waals surface area contributed by atoms with E-state index in [2.05, 4.69) is 97.9 Å². The van der Waals surface area contributed by atoms with Gasteiger partial charge in [-0.3, -0.25) is 0 Å². The van der Waals surface area contributed by atoms with Gasteiger partial charge < -0.3 is 0 Å². The maximum atomic E-state index is 2.43. The summed E-state index contributed by atoms with van der Waals surface area (Å²) in [5.74, 6) is 0. The second-order valence-electron chi connectivity index (χ2n) is 11.3. The van der Waals surface area contributed by atoms with Crippen molar-refractivity contribution in [2.45, 2.75) is 77.6 Å². The van der Waals surface area contributed by atoms with Crippen molar-refractivity contribution in [2.75, 3.05) is 0 Å². The molecule has 0 radical (unpaired) electrons. The highest BCUT2D eigenvalue weighted by Crippen LogP contribution is 2.35. The van der Waals surface area contributed by atoms with Crippen molar-refractivity contribution in [2.24, 2.45) is 0 Å². The SMILES string of the molecule is CCCCCCCCCCCCc1ccc2cc3c(ccc4c5cc6ccccc6cc5ccc34)cc2c1. The minimum atomic E-state index is 1.20. The highest BCUT2D eigenvalue weighted by molar-refractivity contribution is 6.20. The first-order chi connectivity index (χ1) is 18.8. The largest absolute Gasteiger partial charge is 0.0654 e. The molecule has 0 heterocycles. The number of unbranched alkanes of at least 4 members (excludes halogenated alkanes) is 9. The van der Waals surface area contributed by atoms with Crippen LogP contribution in [0.5, 0.6) is 0 Å². The van der Waals surface area contributed by atoms with E-state index in [0.29, 0.717) is 0 Å². The molecule has 0 aliphatic rings. The molecule has 0 aromatic heterocycles. The molecular weight excluding hydrogens is 456 g/mol. The van der Waals surface area contributed by atoms with Crippen LogP contribution in [0.25, 0.3) is 53.9 Å². The third kappa shape index (κ3) is 5.28. The minimum Gasteiger partial charge on any atom is -0.0654 e. The predicted octanol–water partition coefficient (Wildman–Crippen LogP) is 11.9. The van der Waals surface area contributed by atoms with Gasteiger partial charge in [-0.05, 0) is 96.5 Å². The Morgan fingerprint density at radius 2 is 0.868 bits per heavy atom. The summed E-state index contributed by atoms with van der Waals surface area (Å²) < 4.78 is 0. The van der Waals surface area contributed by atoms with Gasteiger partial charge in [-0.2, -0.15) is 0 Å². The molecule has 0 nitrogen and oxygen atoms in total. The van der Waals surface area contributed by atoms with Crippen molar-refractivity contribution < 1.29 is 0 Å². The van der Waals surface area contributed by atoms with E-state index >= 15 is 0 Å². The number of aryl methyl sites for hydroxylation is 1. The van der Waals surface area contributed by atoms with Gasteiger partial charge in [0.05, 0.1) is 0 Å². The van der Waals surface area contributed by atoms with Crippen molar-refractivity contribution in [3.05, 3.63) is 96.6 Å². The smallest absolute Gasteiger partial charge is 0.00987 e. The van der Waals surface area contributed by atoms with Crippen LogP contribution < -0.4 is 0 Å². The molecule has 0 fully saturated rings. The van der Waals surface area contributed by atoms with E-state index in [1.807, 2.05) is 0 Å². The van der Waals surface area contributed by atoms with Crippen molar-refractivity contribution in [1.82, 2.24) is 0 Å². The summed E-state index contributed by atoms with van der Waals surface area (Å²) in [6.45, 7) is 2.29. The molecule has 0 heteroatoms. The zero-order valence-corrected chi connectivity index (χ0v) is 22.9. The molecule has 0 unspecified atom stereocenters. The van der Waals surface area contributed by atoms with Crippen LogP contribution in [-0.2, 0) is 6.42 Å². The molecule has 0 bridgehead atoms. The minimum absolute atomic E-state index is 1.20. The molecule has 192 valence electrons. The average Bonchev–Trinajstić information content (AvgIpc) is 2.95. The van der Waals surface area contributed by atoms with E-state index < -0.39 is 0 Å². The lowest BCUT2D eigenvalue weighted by Crippen LogP contribution is -1.88. The normalized spacial score (nSPS) is 11.9. The lowest BCUT2D eigenvalue weighted by atomic mass is 9.93. The number of rotatable bonds is 11. The molecule has 0 aliphatic carbocycles. The van der Waals surface area contributed by atoms with Gasteiger partial charge in [0.15, 0.2) is 0 Å². The Bertz CT molecular complexity index is 1700. The van der Waals surface area contributed by atoms with Gasteiger partial charge in [-0.1, -0.05) is 131 Å². The van der Waals surface area contributed by atoms with E-state index in [0.717, 1.165) is 0 Å². The molecule has 0 N–H and O–H groups in total. The Labute approximate surface area is 227 Å². The first kappa shape index (κ1) is 24.9. The number of benzene rings is 6. The standard InChI is InChI=1S/C38H40/c1-2-3-4-5-6-7-8-9-10-11-14-28-17-18-31-27-38-33(25-34(31)23-28)20-22-35-36(38)21-19-32-24-29-15-12-13-16-30(29)26-37(32)35/h12-13,15-27H,2-11,14H2,1H3. The lowest BCUT2D eigenvalue weighted by Gasteiger charge is -2.11. The molecule has 6 aromatic rings. The summed E-state index contributed by atoms with van der Waals surface area (Å²) in [7, 11) is 0. The van der Waals surface area contributed by atoms with Crippen LogP contribution >= 0.6 is 0 Å². The van der Waals surface area contributed by atoms with E-state index in [1.54, 1.807) is 0 Å². The second-order valence-corrected chi connectivity index (χ2v) is 11.3. The van der Waals surface area contributed by atoms with Crippen LogP contribution in [0, 0.1) is 0 Å². The zero-order valence-electron chi connectivity index (χ0n) is 22.9. The van der Waals surface area contributed by atoms with Crippen molar-refractivity contribution in [3.8, 4) is 0 Å². The summed E-state index contributed by atoms with van der Waals surface area (Å²) >= 11 is 0. The Morgan fingerprint density at radius 3 is 1.50 bits per heavy atom. The molecular formula is C38H40. The zero-order chi connectivity index (χ0) is 25.7. The fraction of sp³-hybridized carbons (Fsp3) is 0.316. The van der Waals surface area contributed by atoms with Gasteiger partial charge >= 0.3 is 0 Å². The van der Waals surface area contributed by atoms with E-state index in [-0.39, 0.29) is 0 Å². The Hall–Kier alpha value is -3.38. The Morgan fingerprint density at radius 1 is 0.368 bits per heavy atom. The van der Waals surface area contributed by atoms with Crippen LogP contribution in [0.3, 0.4) is 0 Å². The molecule has 0 amide bonds. The van der Waals surface area contributed by atoms with Crippen LogP contribution in [0.4, 0.5) is 0 Å². The van der Waals surface area contributed by atoms with Crippen molar-refractivity contribution >= 4 is 53.9 Å². The molecule has 0 saturated carbocycles. The molecule has 6 rings (SSSR count). The van der Waals surface area contributed by atoms with Gasteiger partial charge in [-0.15, -0.1) is 0 Å². The first-order valence-electron chi connectivity index (χ1n) is 15.0. The lowest BCUT2D eigenvalue weighted by molar-refractivity contribution is 0.556.